The number of morpholine rings is 1. The zero-order valence-electron chi connectivity index (χ0n) is 12.2. The SMILES string of the molecule is CCCNCc1ccc(CN2CCOCC2CC)s1. The molecule has 1 fully saturated rings. The molecule has 1 aliphatic rings. The van der Waals surface area contributed by atoms with Gasteiger partial charge in [-0.2, -0.15) is 0 Å². The van der Waals surface area contributed by atoms with E-state index in [1.54, 1.807) is 0 Å². The van der Waals surface area contributed by atoms with Gasteiger partial charge < -0.3 is 10.1 Å². The molecule has 0 amide bonds. The normalized spacial score (nSPS) is 20.8. The Hall–Kier alpha value is -0.420. The smallest absolute Gasteiger partial charge is 0.0622 e. The molecule has 108 valence electrons. The minimum atomic E-state index is 0.595. The van der Waals surface area contributed by atoms with Crippen LogP contribution in [0, 0.1) is 0 Å². The van der Waals surface area contributed by atoms with E-state index in [4.69, 9.17) is 4.74 Å². The number of hydrogen-bond acceptors (Lipinski definition) is 4. The van der Waals surface area contributed by atoms with E-state index in [1.165, 1.54) is 22.6 Å². The van der Waals surface area contributed by atoms with Crippen molar-refractivity contribution in [2.24, 2.45) is 0 Å². The molecule has 1 aromatic heterocycles. The van der Waals surface area contributed by atoms with E-state index in [1.807, 2.05) is 11.3 Å². The lowest BCUT2D eigenvalue weighted by molar-refractivity contribution is -0.0122. The molecule has 1 N–H and O–H groups in total. The Morgan fingerprint density at radius 3 is 3.00 bits per heavy atom. The third-order valence-electron chi connectivity index (χ3n) is 3.62. The maximum atomic E-state index is 5.56. The van der Waals surface area contributed by atoms with Crippen LogP contribution in [0.4, 0.5) is 0 Å². The molecular formula is C15H26N2OS. The van der Waals surface area contributed by atoms with Crippen LogP contribution >= 0.6 is 11.3 Å². The van der Waals surface area contributed by atoms with Crippen LogP contribution in [0.3, 0.4) is 0 Å². The number of ether oxygens (including phenoxy) is 1. The second kappa shape index (κ2) is 8.00. The summed E-state index contributed by atoms with van der Waals surface area (Å²) in [6.45, 7) is 10.5. The fraction of sp³-hybridized carbons (Fsp3) is 0.733. The maximum Gasteiger partial charge on any atom is 0.0622 e. The molecule has 1 aliphatic heterocycles. The number of nitrogens with zero attached hydrogens (tertiary/aromatic N) is 1. The standard InChI is InChI=1S/C15H26N2OS/c1-3-7-16-10-14-5-6-15(19-14)11-17-8-9-18-12-13(17)4-2/h5-6,13,16H,3-4,7-12H2,1-2H3. The van der Waals surface area contributed by atoms with Gasteiger partial charge in [0.25, 0.3) is 0 Å². The van der Waals surface area contributed by atoms with Gasteiger partial charge in [-0.3, -0.25) is 4.90 Å². The molecule has 1 aromatic rings. The predicted molar refractivity (Wildman–Crippen MR) is 81.6 cm³/mol. The van der Waals surface area contributed by atoms with Crippen molar-refractivity contribution in [1.29, 1.82) is 0 Å². The average molecular weight is 282 g/mol. The van der Waals surface area contributed by atoms with Gasteiger partial charge in [0.2, 0.25) is 0 Å². The Bertz CT molecular complexity index is 367. The van der Waals surface area contributed by atoms with Crippen molar-refractivity contribution in [3.8, 4) is 0 Å². The van der Waals surface area contributed by atoms with Gasteiger partial charge in [-0.05, 0) is 31.5 Å². The van der Waals surface area contributed by atoms with E-state index in [2.05, 4.69) is 36.2 Å². The van der Waals surface area contributed by atoms with Crippen molar-refractivity contribution in [1.82, 2.24) is 10.2 Å². The molecule has 0 aliphatic carbocycles. The molecule has 3 nitrogen and oxygen atoms in total. The lowest BCUT2D eigenvalue weighted by Crippen LogP contribution is -2.44. The molecule has 1 atom stereocenters. The van der Waals surface area contributed by atoms with Crippen LogP contribution in [-0.2, 0) is 17.8 Å². The predicted octanol–water partition coefficient (Wildman–Crippen LogP) is 2.86. The summed E-state index contributed by atoms with van der Waals surface area (Å²) in [5, 5.41) is 3.47. The average Bonchev–Trinajstić information content (AvgIpc) is 2.87. The highest BCUT2D eigenvalue weighted by Crippen LogP contribution is 2.21. The first-order chi connectivity index (χ1) is 9.33. The Labute approximate surface area is 121 Å². The highest BCUT2D eigenvalue weighted by Gasteiger charge is 2.21. The van der Waals surface area contributed by atoms with E-state index in [0.717, 1.165) is 39.4 Å². The molecule has 4 heteroatoms. The fourth-order valence-corrected chi connectivity index (χ4v) is 3.48. The van der Waals surface area contributed by atoms with Crippen LogP contribution in [0.1, 0.15) is 36.4 Å². The third kappa shape index (κ3) is 4.56. The van der Waals surface area contributed by atoms with Gasteiger partial charge in [-0.25, -0.2) is 0 Å². The Balaban J connectivity index is 1.84. The Morgan fingerprint density at radius 2 is 2.21 bits per heavy atom. The molecule has 2 heterocycles. The highest BCUT2D eigenvalue weighted by molar-refractivity contribution is 7.11. The van der Waals surface area contributed by atoms with Gasteiger partial charge in [-0.1, -0.05) is 13.8 Å². The maximum absolute atomic E-state index is 5.56. The summed E-state index contributed by atoms with van der Waals surface area (Å²) in [6, 6.07) is 5.15. The van der Waals surface area contributed by atoms with Crippen LogP contribution in [-0.4, -0.2) is 37.2 Å². The lowest BCUT2D eigenvalue weighted by atomic mass is 10.2. The van der Waals surface area contributed by atoms with Gasteiger partial charge in [0.15, 0.2) is 0 Å². The molecule has 1 unspecified atom stereocenters. The van der Waals surface area contributed by atoms with Crippen molar-refractivity contribution >= 4 is 11.3 Å². The van der Waals surface area contributed by atoms with Crippen molar-refractivity contribution in [3.05, 3.63) is 21.9 Å². The van der Waals surface area contributed by atoms with Gasteiger partial charge >= 0.3 is 0 Å². The molecule has 19 heavy (non-hydrogen) atoms. The van der Waals surface area contributed by atoms with E-state index < -0.39 is 0 Å². The quantitative estimate of drug-likeness (QED) is 0.778. The molecule has 0 aromatic carbocycles. The van der Waals surface area contributed by atoms with Crippen molar-refractivity contribution in [2.75, 3.05) is 26.3 Å². The molecular weight excluding hydrogens is 256 g/mol. The molecule has 1 saturated heterocycles. The summed E-state index contributed by atoms with van der Waals surface area (Å²) in [7, 11) is 0. The first kappa shape index (κ1) is 15.0. The van der Waals surface area contributed by atoms with Gasteiger partial charge in [0.05, 0.1) is 13.2 Å². The number of rotatable bonds is 7. The summed E-state index contributed by atoms with van der Waals surface area (Å²) in [5.41, 5.74) is 0. The second-order valence-electron chi connectivity index (χ2n) is 5.15. The van der Waals surface area contributed by atoms with Gasteiger partial charge in [0.1, 0.15) is 0 Å². The zero-order valence-corrected chi connectivity index (χ0v) is 13.0. The fourth-order valence-electron chi connectivity index (χ4n) is 2.46. The summed E-state index contributed by atoms with van der Waals surface area (Å²) < 4.78 is 5.56. The zero-order chi connectivity index (χ0) is 13.5. The van der Waals surface area contributed by atoms with Crippen LogP contribution in [0.5, 0.6) is 0 Å². The number of thiophene rings is 1. The van der Waals surface area contributed by atoms with Crippen LogP contribution in [0.25, 0.3) is 0 Å². The summed E-state index contributed by atoms with van der Waals surface area (Å²) in [5.74, 6) is 0. The molecule has 2 rings (SSSR count). The largest absolute Gasteiger partial charge is 0.378 e. The number of hydrogen-bond donors (Lipinski definition) is 1. The molecule has 0 radical (unpaired) electrons. The van der Waals surface area contributed by atoms with E-state index in [9.17, 15) is 0 Å². The van der Waals surface area contributed by atoms with Crippen molar-refractivity contribution < 1.29 is 4.74 Å². The highest BCUT2D eigenvalue weighted by atomic mass is 32.1. The van der Waals surface area contributed by atoms with Crippen molar-refractivity contribution in [3.63, 3.8) is 0 Å². The molecule has 0 bridgehead atoms. The topological polar surface area (TPSA) is 24.5 Å². The van der Waals surface area contributed by atoms with Gasteiger partial charge in [0, 0.05) is 35.4 Å². The number of nitrogens with one attached hydrogen (secondary N) is 1. The van der Waals surface area contributed by atoms with Crippen molar-refractivity contribution in [2.45, 2.75) is 45.8 Å². The van der Waals surface area contributed by atoms with Crippen LogP contribution < -0.4 is 5.32 Å². The summed E-state index contributed by atoms with van der Waals surface area (Å²) in [4.78, 5) is 5.50. The van der Waals surface area contributed by atoms with E-state index >= 15 is 0 Å². The monoisotopic (exact) mass is 282 g/mol. The summed E-state index contributed by atoms with van der Waals surface area (Å²) >= 11 is 1.94. The Kier molecular flexibility index (Phi) is 6.31. The molecule has 0 spiro atoms. The first-order valence-electron chi connectivity index (χ1n) is 7.43. The second-order valence-corrected chi connectivity index (χ2v) is 6.41. The van der Waals surface area contributed by atoms with E-state index in [-0.39, 0.29) is 0 Å². The van der Waals surface area contributed by atoms with Gasteiger partial charge in [-0.15, -0.1) is 11.3 Å². The summed E-state index contributed by atoms with van der Waals surface area (Å²) in [6.07, 6.45) is 2.38. The minimum absolute atomic E-state index is 0.595. The molecule has 0 saturated carbocycles. The van der Waals surface area contributed by atoms with Crippen LogP contribution in [0.2, 0.25) is 0 Å². The van der Waals surface area contributed by atoms with E-state index in [0.29, 0.717) is 6.04 Å². The van der Waals surface area contributed by atoms with Crippen LogP contribution in [0.15, 0.2) is 12.1 Å². The first-order valence-corrected chi connectivity index (χ1v) is 8.25. The minimum Gasteiger partial charge on any atom is -0.378 e. The Morgan fingerprint density at radius 1 is 1.37 bits per heavy atom. The lowest BCUT2D eigenvalue weighted by Gasteiger charge is -2.34. The third-order valence-corrected chi connectivity index (χ3v) is 4.69.